The third-order valence-electron chi connectivity index (χ3n) is 5.70. The summed E-state index contributed by atoms with van der Waals surface area (Å²) in [7, 11) is 0. The van der Waals surface area contributed by atoms with E-state index in [9.17, 15) is 27.6 Å². The van der Waals surface area contributed by atoms with Crippen molar-refractivity contribution in [1.29, 1.82) is 0 Å². The van der Waals surface area contributed by atoms with Crippen LogP contribution in [0.4, 0.5) is 29.3 Å². The van der Waals surface area contributed by atoms with E-state index >= 15 is 0 Å². The Labute approximate surface area is 170 Å². The fraction of sp³-hybridized carbons (Fsp3) is 0.526. The molecule has 3 fully saturated rings. The van der Waals surface area contributed by atoms with Crippen molar-refractivity contribution in [3.8, 4) is 0 Å². The number of alkyl halides is 3. The number of hydrogen-bond acceptors (Lipinski definition) is 5. The summed E-state index contributed by atoms with van der Waals surface area (Å²) in [5, 5.41) is 5.07. The number of benzene rings is 1. The van der Waals surface area contributed by atoms with Gasteiger partial charge in [0.2, 0.25) is 5.91 Å². The van der Waals surface area contributed by atoms with Crippen molar-refractivity contribution in [2.45, 2.75) is 31.0 Å². The first-order valence-corrected chi connectivity index (χ1v) is 9.67. The van der Waals surface area contributed by atoms with E-state index in [4.69, 9.17) is 4.74 Å². The third-order valence-corrected chi connectivity index (χ3v) is 5.70. The number of anilines is 2. The minimum absolute atomic E-state index is 0.0258. The standard InChI is InChI=1S/C19H21F3N4O4/c20-19(21,22)12-2-3-14(25-6-8-30-9-7-25)13(10-12)23-15(27)11-26-16(28)18(4-1-5-18)24-17(26)29/h2-3,10H,1,4-9,11H2,(H,23,27)(H,24,29). The quantitative estimate of drug-likeness (QED) is 0.719. The van der Waals surface area contributed by atoms with Crippen LogP contribution in [0.15, 0.2) is 18.2 Å². The van der Waals surface area contributed by atoms with Gasteiger partial charge in [0, 0.05) is 13.1 Å². The highest BCUT2D eigenvalue weighted by molar-refractivity contribution is 6.10. The minimum Gasteiger partial charge on any atom is -0.378 e. The van der Waals surface area contributed by atoms with Crippen molar-refractivity contribution in [1.82, 2.24) is 10.2 Å². The minimum atomic E-state index is -4.58. The van der Waals surface area contributed by atoms with Crippen molar-refractivity contribution >= 4 is 29.2 Å². The Balaban J connectivity index is 1.54. The van der Waals surface area contributed by atoms with Crippen LogP contribution in [0, 0.1) is 0 Å². The summed E-state index contributed by atoms with van der Waals surface area (Å²) in [5.74, 6) is -1.21. The molecule has 2 saturated heterocycles. The van der Waals surface area contributed by atoms with Crippen LogP contribution in [-0.4, -0.2) is 61.1 Å². The van der Waals surface area contributed by atoms with Gasteiger partial charge in [0.1, 0.15) is 12.1 Å². The molecule has 1 aromatic carbocycles. The van der Waals surface area contributed by atoms with Crippen LogP contribution in [0.25, 0.3) is 0 Å². The number of urea groups is 1. The maximum Gasteiger partial charge on any atom is 0.416 e. The lowest BCUT2D eigenvalue weighted by Crippen LogP contribution is -2.52. The Hall–Kier alpha value is -2.82. The molecule has 2 N–H and O–H groups in total. The zero-order chi connectivity index (χ0) is 21.5. The lowest BCUT2D eigenvalue weighted by molar-refractivity contribution is -0.137. The average molecular weight is 426 g/mol. The van der Waals surface area contributed by atoms with Crippen LogP contribution >= 0.6 is 0 Å². The second-order valence-electron chi connectivity index (χ2n) is 7.63. The highest BCUT2D eigenvalue weighted by atomic mass is 19.4. The molecule has 1 saturated carbocycles. The number of nitrogens with zero attached hydrogens (tertiary/aromatic N) is 2. The van der Waals surface area contributed by atoms with Crippen molar-refractivity contribution in [2.24, 2.45) is 0 Å². The first kappa shape index (κ1) is 20.5. The average Bonchev–Trinajstić information content (AvgIpc) is 2.93. The molecule has 2 heterocycles. The van der Waals surface area contributed by atoms with Crippen LogP contribution in [0.2, 0.25) is 0 Å². The summed E-state index contributed by atoms with van der Waals surface area (Å²) in [6.07, 6.45) is -2.74. The Morgan fingerprint density at radius 1 is 1.20 bits per heavy atom. The number of ether oxygens (including phenoxy) is 1. The Kier molecular flexibility index (Phi) is 5.08. The predicted octanol–water partition coefficient (Wildman–Crippen LogP) is 1.95. The van der Waals surface area contributed by atoms with Crippen molar-refractivity contribution < 1.29 is 32.3 Å². The summed E-state index contributed by atoms with van der Waals surface area (Å²) < 4.78 is 44.8. The molecule has 162 valence electrons. The molecular weight excluding hydrogens is 405 g/mol. The highest BCUT2D eigenvalue weighted by Gasteiger charge is 2.55. The fourth-order valence-electron chi connectivity index (χ4n) is 3.91. The van der Waals surface area contributed by atoms with E-state index < -0.39 is 41.7 Å². The van der Waals surface area contributed by atoms with Gasteiger partial charge in [0.05, 0.1) is 30.2 Å². The number of carbonyl (C=O) groups is 3. The molecule has 0 bridgehead atoms. The molecule has 4 amide bonds. The molecular formula is C19H21F3N4O4. The molecule has 3 aliphatic rings. The van der Waals surface area contributed by atoms with Crippen LogP contribution in [-0.2, 0) is 20.5 Å². The van der Waals surface area contributed by atoms with E-state index in [-0.39, 0.29) is 5.69 Å². The van der Waals surface area contributed by atoms with Crippen molar-refractivity contribution in [3.63, 3.8) is 0 Å². The summed E-state index contributed by atoms with van der Waals surface area (Å²) in [6.45, 7) is 1.19. The number of carbonyl (C=O) groups excluding carboxylic acids is 3. The van der Waals surface area contributed by atoms with Gasteiger partial charge in [0.25, 0.3) is 5.91 Å². The third kappa shape index (κ3) is 3.69. The SMILES string of the molecule is O=C(CN1C(=O)NC2(CCC2)C1=O)Nc1cc(C(F)(F)F)ccc1N1CCOCC1. The number of halogens is 3. The topological polar surface area (TPSA) is 91.0 Å². The summed E-state index contributed by atoms with van der Waals surface area (Å²) in [6, 6.07) is 2.47. The zero-order valence-corrected chi connectivity index (χ0v) is 16.1. The number of rotatable bonds is 4. The number of amides is 4. The molecule has 1 aliphatic carbocycles. The molecule has 1 spiro atoms. The van der Waals surface area contributed by atoms with Gasteiger partial charge in [-0.05, 0) is 37.5 Å². The molecule has 30 heavy (non-hydrogen) atoms. The molecule has 0 unspecified atom stereocenters. The molecule has 2 aliphatic heterocycles. The van der Waals surface area contributed by atoms with E-state index in [2.05, 4.69) is 10.6 Å². The lowest BCUT2D eigenvalue weighted by Gasteiger charge is -2.34. The predicted molar refractivity (Wildman–Crippen MR) is 99.9 cm³/mol. The van der Waals surface area contributed by atoms with Crippen molar-refractivity contribution in [2.75, 3.05) is 43.1 Å². The second-order valence-corrected chi connectivity index (χ2v) is 7.63. The number of morpholine rings is 1. The maximum atomic E-state index is 13.2. The van der Waals surface area contributed by atoms with E-state index in [1.165, 1.54) is 6.07 Å². The lowest BCUT2D eigenvalue weighted by atomic mass is 9.77. The number of hydrogen-bond donors (Lipinski definition) is 2. The Morgan fingerprint density at radius 3 is 2.47 bits per heavy atom. The smallest absolute Gasteiger partial charge is 0.378 e. The normalized spacial score (nSPS) is 20.9. The first-order valence-electron chi connectivity index (χ1n) is 9.67. The highest BCUT2D eigenvalue weighted by Crippen LogP contribution is 2.38. The number of imide groups is 1. The molecule has 0 aromatic heterocycles. The van der Waals surface area contributed by atoms with Crippen LogP contribution in [0.5, 0.6) is 0 Å². The van der Waals surface area contributed by atoms with Gasteiger partial charge in [0.15, 0.2) is 0 Å². The fourth-order valence-corrected chi connectivity index (χ4v) is 3.91. The van der Waals surface area contributed by atoms with Crippen molar-refractivity contribution in [3.05, 3.63) is 23.8 Å². The number of nitrogens with one attached hydrogen (secondary N) is 2. The molecule has 0 radical (unpaired) electrons. The molecule has 4 rings (SSSR count). The maximum absolute atomic E-state index is 13.2. The van der Waals surface area contributed by atoms with E-state index in [0.29, 0.717) is 44.8 Å². The van der Waals surface area contributed by atoms with Gasteiger partial charge in [-0.1, -0.05) is 0 Å². The van der Waals surface area contributed by atoms with Gasteiger partial charge < -0.3 is 20.3 Å². The molecule has 0 atom stereocenters. The molecule has 11 heteroatoms. The summed E-state index contributed by atoms with van der Waals surface area (Å²) >= 11 is 0. The molecule has 8 nitrogen and oxygen atoms in total. The summed E-state index contributed by atoms with van der Waals surface area (Å²) in [4.78, 5) is 39.8. The largest absolute Gasteiger partial charge is 0.416 e. The Bertz CT molecular complexity index is 879. The van der Waals surface area contributed by atoms with Gasteiger partial charge in [-0.15, -0.1) is 0 Å². The summed E-state index contributed by atoms with van der Waals surface area (Å²) in [5.41, 5.74) is -1.43. The first-order chi connectivity index (χ1) is 14.2. The van der Waals surface area contributed by atoms with E-state index in [1.54, 1.807) is 0 Å². The monoisotopic (exact) mass is 426 g/mol. The zero-order valence-electron chi connectivity index (χ0n) is 16.1. The van der Waals surface area contributed by atoms with Crippen LogP contribution in [0.1, 0.15) is 24.8 Å². The second kappa shape index (κ2) is 7.46. The van der Waals surface area contributed by atoms with E-state index in [1.807, 2.05) is 4.90 Å². The van der Waals surface area contributed by atoms with Gasteiger partial charge >= 0.3 is 12.2 Å². The van der Waals surface area contributed by atoms with Crippen LogP contribution in [0.3, 0.4) is 0 Å². The van der Waals surface area contributed by atoms with Gasteiger partial charge in [-0.2, -0.15) is 13.2 Å². The van der Waals surface area contributed by atoms with Gasteiger partial charge in [-0.25, -0.2) is 4.79 Å². The van der Waals surface area contributed by atoms with Crippen LogP contribution < -0.4 is 15.5 Å². The van der Waals surface area contributed by atoms with E-state index in [0.717, 1.165) is 23.5 Å². The molecule has 1 aromatic rings. The van der Waals surface area contributed by atoms with Gasteiger partial charge in [-0.3, -0.25) is 14.5 Å². The Morgan fingerprint density at radius 2 is 1.90 bits per heavy atom.